The zero-order chi connectivity index (χ0) is 11.8. The molecule has 0 aliphatic rings. The first-order valence-electron chi connectivity index (χ1n) is 4.92. The van der Waals surface area contributed by atoms with Crippen LogP contribution < -0.4 is 9.47 Å². The van der Waals surface area contributed by atoms with E-state index in [0.717, 1.165) is 6.29 Å². The van der Waals surface area contributed by atoms with E-state index in [1.165, 1.54) is 5.54 Å². The molecule has 0 atom stereocenters. The summed E-state index contributed by atoms with van der Waals surface area (Å²) in [5.41, 5.74) is 1.83. The highest BCUT2D eigenvalue weighted by Gasteiger charge is 2.09. The maximum atomic E-state index is 10.8. The van der Waals surface area contributed by atoms with Crippen molar-refractivity contribution in [1.29, 1.82) is 0 Å². The van der Waals surface area contributed by atoms with Crippen LogP contribution in [-0.4, -0.2) is 19.5 Å². The van der Waals surface area contributed by atoms with Crippen LogP contribution in [0.25, 0.3) is 0 Å². The standard InChI is InChI=1S/C12H13ClO3/c1-2-15-11-6-3-5-10(9-14)12(11)16-8-4-7-13/h3-7,9H,2,8H2,1H3/b7-4+. The number of para-hydroxylation sites is 1. The van der Waals surface area contributed by atoms with Crippen molar-refractivity contribution in [3.63, 3.8) is 0 Å². The first-order valence-corrected chi connectivity index (χ1v) is 5.36. The normalized spacial score (nSPS) is 10.4. The van der Waals surface area contributed by atoms with Gasteiger partial charge in [0.2, 0.25) is 0 Å². The summed E-state index contributed by atoms with van der Waals surface area (Å²) < 4.78 is 10.8. The average molecular weight is 241 g/mol. The topological polar surface area (TPSA) is 35.5 Å². The lowest BCUT2D eigenvalue weighted by Gasteiger charge is -2.12. The Morgan fingerprint density at radius 2 is 2.19 bits per heavy atom. The van der Waals surface area contributed by atoms with Crippen molar-refractivity contribution in [3.05, 3.63) is 35.4 Å². The molecular formula is C12H13ClO3. The van der Waals surface area contributed by atoms with E-state index in [0.29, 0.717) is 30.3 Å². The smallest absolute Gasteiger partial charge is 0.172 e. The van der Waals surface area contributed by atoms with Crippen molar-refractivity contribution in [2.24, 2.45) is 0 Å². The van der Waals surface area contributed by atoms with Crippen molar-refractivity contribution in [3.8, 4) is 11.5 Å². The van der Waals surface area contributed by atoms with E-state index in [4.69, 9.17) is 21.1 Å². The molecule has 0 fully saturated rings. The number of carbonyl (C=O) groups is 1. The molecule has 3 nitrogen and oxygen atoms in total. The maximum Gasteiger partial charge on any atom is 0.172 e. The molecule has 1 aromatic rings. The molecule has 0 spiro atoms. The molecule has 0 heterocycles. The number of aldehydes is 1. The van der Waals surface area contributed by atoms with Gasteiger partial charge in [0, 0.05) is 5.54 Å². The van der Waals surface area contributed by atoms with Crippen LogP contribution in [0.2, 0.25) is 0 Å². The van der Waals surface area contributed by atoms with Crippen molar-refractivity contribution < 1.29 is 14.3 Å². The highest BCUT2D eigenvalue weighted by Crippen LogP contribution is 2.30. The van der Waals surface area contributed by atoms with Gasteiger partial charge in [-0.1, -0.05) is 17.7 Å². The van der Waals surface area contributed by atoms with Crippen LogP contribution in [0.3, 0.4) is 0 Å². The van der Waals surface area contributed by atoms with Gasteiger partial charge in [-0.3, -0.25) is 4.79 Å². The van der Waals surface area contributed by atoms with E-state index in [-0.39, 0.29) is 0 Å². The first kappa shape index (κ1) is 12.6. The van der Waals surface area contributed by atoms with Gasteiger partial charge in [-0.05, 0) is 25.1 Å². The Hall–Kier alpha value is -1.48. The number of hydrogen-bond donors (Lipinski definition) is 0. The number of benzene rings is 1. The predicted molar refractivity (Wildman–Crippen MR) is 63.5 cm³/mol. The molecule has 16 heavy (non-hydrogen) atoms. The maximum absolute atomic E-state index is 10.8. The summed E-state index contributed by atoms with van der Waals surface area (Å²) in [6.45, 7) is 2.69. The average Bonchev–Trinajstić information content (AvgIpc) is 2.31. The summed E-state index contributed by atoms with van der Waals surface area (Å²) in [6, 6.07) is 5.19. The van der Waals surface area contributed by atoms with Gasteiger partial charge in [-0.25, -0.2) is 0 Å². The Morgan fingerprint density at radius 3 is 2.81 bits per heavy atom. The summed E-state index contributed by atoms with van der Waals surface area (Å²) in [6.07, 6.45) is 2.38. The molecule has 4 heteroatoms. The minimum absolute atomic E-state index is 0.300. The molecule has 0 aliphatic heterocycles. The van der Waals surface area contributed by atoms with Crippen LogP contribution in [0.5, 0.6) is 11.5 Å². The van der Waals surface area contributed by atoms with Gasteiger partial charge >= 0.3 is 0 Å². The lowest BCUT2D eigenvalue weighted by Crippen LogP contribution is -2.01. The number of hydrogen-bond acceptors (Lipinski definition) is 3. The Morgan fingerprint density at radius 1 is 1.38 bits per heavy atom. The van der Waals surface area contributed by atoms with Gasteiger partial charge in [0.1, 0.15) is 6.61 Å². The second kappa shape index (κ2) is 6.90. The van der Waals surface area contributed by atoms with E-state index in [1.807, 2.05) is 6.92 Å². The largest absolute Gasteiger partial charge is 0.490 e. The first-order chi connectivity index (χ1) is 7.83. The van der Waals surface area contributed by atoms with Crippen LogP contribution in [0.15, 0.2) is 29.8 Å². The second-order valence-corrected chi connectivity index (χ2v) is 3.15. The van der Waals surface area contributed by atoms with E-state index >= 15 is 0 Å². The van der Waals surface area contributed by atoms with E-state index < -0.39 is 0 Å². The Labute approximate surface area is 99.6 Å². The molecule has 0 unspecified atom stereocenters. The molecule has 1 aromatic carbocycles. The third-order valence-electron chi connectivity index (χ3n) is 1.85. The van der Waals surface area contributed by atoms with Crippen molar-refractivity contribution in [2.75, 3.05) is 13.2 Å². The fourth-order valence-electron chi connectivity index (χ4n) is 1.22. The highest BCUT2D eigenvalue weighted by atomic mass is 35.5. The van der Waals surface area contributed by atoms with Crippen molar-refractivity contribution in [2.45, 2.75) is 6.92 Å². The van der Waals surface area contributed by atoms with Gasteiger partial charge in [-0.2, -0.15) is 0 Å². The molecule has 0 N–H and O–H groups in total. The molecule has 0 saturated heterocycles. The number of ether oxygens (including phenoxy) is 2. The summed E-state index contributed by atoms with van der Waals surface area (Å²) in [5, 5.41) is 0. The number of carbonyl (C=O) groups excluding carboxylic acids is 1. The van der Waals surface area contributed by atoms with Crippen molar-refractivity contribution in [1.82, 2.24) is 0 Å². The minimum atomic E-state index is 0.300. The summed E-state index contributed by atoms with van der Waals surface area (Å²) in [5.74, 6) is 1.02. The molecule has 0 aromatic heterocycles. The fraction of sp³-hybridized carbons (Fsp3) is 0.250. The van der Waals surface area contributed by atoms with E-state index in [9.17, 15) is 4.79 Å². The summed E-state index contributed by atoms with van der Waals surface area (Å²) >= 11 is 5.38. The fourth-order valence-corrected chi connectivity index (χ4v) is 1.29. The molecule has 0 radical (unpaired) electrons. The number of halogens is 1. The molecule has 86 valence electrons. The van der Waals surface area contributed by atoms with Gasteiger partial charge in [0.15, 0.2) is 17.8 Å². The van der Waals surface area contributed by atoms with Crippen molar-refractivity contribution >= 4 is 17.9 Å². The molecule has 0 saturated carbocycles. The van der Waals surface area contributed by atoms with E-state index in [1.54, 1.807) is 24.3 Å². The molecule has 0 amide bonds. The molecule has 0 bridgehead atoms. The molecular weight excluding hydrogens is 228 g/mol. The quantitative estimate of drug-likeness (QED) is 0.717. The zero-order valence-corrected chi connectivity index (χ0v) is 9.74. The molecule has 0 aliphatic carbocycles. The predicted octanol–water partition coefficient (Wildman–Crippen LogP) is 3.03. The highest BCUT2D eigenvalue weighted by molar-refractivity contribution is 6.25. The van der Waals surface area contributed by atoms with Crippen LogP contribution >= 0.6 is 11.6 Å². The summed E-state index contributed by atoms with van der Waals surface area (Å²) in [7, 11) is 0. The lowest BCUT2D eigenvalue weighted by atomic mass is 10.2. The molecule has 1 rings (SSSR count). The van der Waals surface area contributed by atoms with Gasteiger partial charge in [-0.15, -0.1) is 0 Å². The monoisotopic (exact) mass is 240 g/mol. The van der Waals surface area contributed by atoms with Crippen LogP contribution in [0.4, 0.5) is 0 Å². The van der Waals surface area contributed by atoms with Gasteiger partial charge in [0.25, 0.3) is 0 Å². The van der Waals surface area contributed by atoms with Gasteiger partial charge < -0.3 is 9.47 Å². The Balaban J connectivity index is 2.94. The van der Waals surface area contributed by atoms with Gasteiger partial charge in [0.05, 0.1) is 12.2 Å². The zero-order valence-electron chi connectivity index (χ0n) is 8.98. The number of rotatable bonds is 6. The SMILES string of the molecule is CCOc1cccc(C=O)c1OC/C=C/Cl. The third-order valence-corrected chi connectivity index (χ3v) is 2.03. The van der Waals surface area contributed by atoms with Crippen LogP contribution in [-0.2, 0) is 0 Å². The Bertz CT molecular complexity index is 375. The second-order valence-electron chi connectivity index (χ2n) is 2.90. The Kier molecular flexibility index (Phi) is 5.43. The van der Waals surface area contributed by atoms with Crippen LogP contribution in [0, 0.1) is 0 Å². The third kappa shape index (κ3) is 3.28. The minimum Gasteiger partial charge on any atom is -0.490 e. The van der Waals surface area contributed by atoms with Crippen LogP contribution in [0.1, 0.15) is 17.3 Å². The lowest BCUT2D eigenvalue weighted by molar-refractivity contribution is 0.111. The summed E-state index contributed by atoms with van der Waals surface area (Å²) in [4.78, 5) is 10.8. The van der Waals surface area contributed by atoms with E-state index in [2.05, 4.69) is 0 Å².